The third-order valence-corrected chi connectivity index (χ3v) is 0. The topological polar surface area (TPSA) is 93.2 Å². The van der Waals surface area contributed by atoms with Crippen molar-refractivity contribution in [2.24, 2.45) is 0 Å². The second kappa shape index (κ2) is 9.01. The fourth-order valence-corrected chi connectivity index (χ4v) is 0. The summed E-state index contributed by atoms with van der Waals surface area (Å²) in [5.74, 6) is 0. The van der Waals surface area contributed by atoms with Crippen molar-refractivity contribution in [3.05, 3.63) is 0 Å². The van der Waals surface area contributed by atoms with Crippen LogP contribution >= 0.6 is 0 Å². The molecule has 0 bridgehead atoms. The zero-order chi connectivity index (χ0) is 3.58. The van der Waals surface area contributed by atoms with E-state index in [1.165, 1.54) is 0 Å². The van der Waals surface area contributed by atoms with Crippen LogP contribution in [0.3, 0.4) is 0 Å². The Morgan fingerprint density at radius 1 is 1.33 bits per heavy atom. The molecule has 0 rings (SSSR count). The van der Waals surface area contributed by atoms with Crippen molar-refractivity contribution in [2.75, 3.05) is 0 Å². The zero-order valence-electron chi connectivity index (χ0n) is 2.75. The van der Waals surface area contributed by atoms with E-state index in [0.29, 0.717) is 0 Å². The van der Waals surface area contributed by atoms with Crippen LogP contribution < -0.4 is 10.2 Å². The molecule has 1 N–H and O–H groups in total. The van der Waals surface area contributed by atoms with Crippen molar-refractivity contribution < 1.29 is 53.2 Å². The summed E-state index contributed by atoms with van der Waals surface area (Å²) < 4.78 is 0. The Balaban J connectivity index is -0.0000000450. The largest absolute Gasteiger partial charge is 3.00 e. The molecule has 0 fully saturated rings. The standard InChI is InChI=1S/CH2O3.H2O.Y/c2-1(3)4;;/h(H2,2,3,4);1H2;/q;;+3/p-3. The molecular formula is CHO4Y. The SMILES string of the molecule is O=C([O-])[O-].[OH-].[Y+3]. The molecule has 6 heavy (non-hydrogen) atoms. The molecule has 0 aromatic heterocycles. The van der Waals surface area contributed by atoms with Gasteiger partial charge in [0, 0.05) is 0 Å². The second-order valence-electron chi connectivity index (χ2n) is 0.250. The first-order valence-corrected chi connectivity index (χ1v) is 0.612. The van der Waals surface area contributed by atoms with Crippen LogP contribution in [0.5, 0.6) is 0 Å². The smallest absolute Gasteiger partial charge is 0.870 e. The fourth-order valence-electron chi connectivity index (χ4n) is 0. The number of carboxylic acid groups (broad SMARTS) is 2. The monoisotopic (exact) mass is 166 g/mol. The van der Waals surface area contributed by atoms with E-state index in [-0.39, 0.29) is 38.2 Å². The molecule has 0 heterocycles. The first-order chi connectivity index (χ1) is 1.73. The molecule has 0 aliphatic rings. The Morgan fingerprint density at radius 3 is 1.33 bits per heavy atom. The van der Waals surface area contributed by atoms with Crippen molar-refractivity contribution >= 4 is 6.16 Å². The van der Waals surface area contributed by atoms with E-state index in [9.17, 15) is 0 Å². The van der Waals surface area contributed by atoms with E-state index in [0.717, 1.165) is 0 Å². The maximum absolute atomic E-state index is 8.33. The molecule has 32 valence electrons. The zero-order valence-corrected chi connectivity index (χ0v) is 5.59. The first-order valence-electron chi connectivity index (χ1n) is 0.612. The maximum atomic E-state index is 8.33. The minimum atomic E-state index is -2.33. The van der Waals surface area contributed by atoms with E-state index in [1.807, 2.05) is 0 Å². The van der Waals surface area contributed by atoms with Gasteiger partial charge in [0.2, 0.25) is 0 Å². The number of rotatable bonds is 0. The minimum Gasteiger partial charge on any atom is -0.870 e. The van der Waals surface area contributed by atoms with Crippen LogP contribution in [0.25, 0.3) is 0 Å². The van der Waals surface area contributed by atoms with E-state index in [1.54, 1.807) is 0 Å². The summed E-state index contributed by atoms with van der Waals surface area (Å²) in [5.41, 5.74) is 0. The summed E-state index contributed by atoms with van der Waals surface area (Å²) in [7, 11) is 0. The van der Waals surface area contributed by atoms with Gasteiger partial charge in [-0.2, -0.15) is 0 Å². The van der Waals surface area contributed by atoms with Gasteiger partial charge in [0.15, 0.2) is 0 Å². The van der Waals surface area contributed by atoms with Crippen LogP contribution in [0.4, 0.5) is 4.79 Å². The summed E-state index contributed by atoms with van der Waals surface area (Å²) in [4.78, 5) is 8.33. The molecule has 0 aliphatic carbocycles. The molecule has 0 atom stereocenters. The predicted molar refractivity (Wildman–Crippen MR) is 7.33 cm³/mol. The van der Waals surface area contributed by atoms with Crippen molar-refractivity contribution in [3.8, 4) is 0 Å². The van der Waals surface area contributed by atoms with E-state index in [4.69, 9.17) is 15.0 Å². The van der Waals surface area contributed by atoms with Gasteiger partial charge >= 0.3 is 32.7 Å². The maximum Gasteiger partial charge on any atom is 3.00 e. The van der Waals surface area contributed by atoms with Crippen molar-refractivity contribution in [1.82, 2.24) is 0 Å². The number of hydrogen-bond donors (Lipinski definition) is 0. The van der Waals surface area contributed by atoms with Gasteiger partial charge in [0.05, 0.1) is 0 Å². The van der Waals surface area contributed by atoms with Crippen molar-refractivity contribution in [1.29, 1.82) is 0 Å². The predicted octanol–water partition coefficient (Wildman–Crippen LogP) is -2.63. The van der Waals surface area contributed by atoms with Gasteiger partial charge in [-0.3, -0.25) is 0 Å². The van der Waals surface area contributed by atoms with Gasteiger partial charge in [-0.15, -0.1) is 0 Å². The summed E-state index contributed by atoms with van der Waals surface area (Å²) in [6.45, 7) is 0. The molecule has 0 unspecified atom stereocenters. The van der Waals surface area contributed by atoms with Gasteiger partial charge < -0.3 is 20.5 Å². The van der Waals surface area contributed by atoms with Gasteiger partial charge in [0.25, 0.3) is 0 Å². The van der Waals surface area contributed by atoms with E-state index >= 15 is 0 Å². The van der Waals surface area contributed by atoms with Crippen LogP contribution in [-0.2, 0) is 32.7 Å². The van der Waals surface area contributed by atoms with Gasteiger partial charge in [-0.25, -0.2) is 0 Å². The van der Waals surface area contributed by atoms with Gasteiger partial charge in [0.1, 0.15) is 0 Å². The number of carbonyl (C=O) groups is 1. The Morgan fingerprint density at radius 2 is 1.33 bits per heavy atom. The average Bonchev–Trinajstić information content (AvgIpc) is 0.811. The Hall–Kier alpha value is 0.334. The molecule has 0 aromatic carbocycles. The van der Waals surface area contributed by atoms with Crippen molar-refractivity contribution in [2.45, 2.75) is 0 Å². The summed E-state index contributed by atoms with van der Waals surface area (Å²) in [5, 5.41) is 16.7. The van der Waals surface area contributed by atoms with Crippen LogP contribution in [0.2, 0.25) is 0 Å². The van der Waals surface area contributed by atoms with E-state index in [2.05, 4.69) is 0 Å². The van der Waals surface area contributed by atoms with Crippen LogP contribution in [-0.4, -0.2) is 11.6 Å². The number of hydrogen-bond acceptors (Lipinski definition) is 4. The Kier molecular flexibility index (Phi) is 24.4. The molecule has 0 saturated carbocycles. The summed E-state index contributed by atoms with van der Waals surface area (Å²) in [6, 6.07) is 0. The molecule has 0 spiro atoms. The molecular weight excluding hydrogens is 165 g/mol. The summed E-state index contributed by atoms with van der Waals surface area (Å²) >= 11 is 0. The molecule has 0 amide bonds. The normalized spacial score (nSPS) is 4.00. The summed E-state index contributed by atoms with van der Waals surface area (Å²) in [6.07, 6.45) is -2.33. The second-order valence-corrected chi connectivity index (χ2v) is 0.250. The third-order valence-electron chi connectivity index (χ3n) is 0. The van der Waals surface area contributed by atoms with Crippen LogP contribution in [0, 0.1) is 0 Å². The molecule has 4 nitrogen and oxygen atoms in total. The third kappa shape index (κ3) is 432. The van der Waals surface area contributed by atoms with Crippen LogP contribution in [0.1, 0.15) is 0 Å². The van der Waals surface area contributed by atoms with E-state index < -0.39 is 6.16 Å². The van der Waals surface area contributed by atoms with Gasteiger partial charge in [-0.05, 0) is 6.16 Å². The molecule has 5 heteroatoms. The van der Waals surface area contributed by atoms with Gasteiger partial charge in [-0.1, -0.05) is 0 Å². The fraction of sp³-hybridized carbons (Fsp3) is 0. The quantitative estimate of drug-likeness (QED) is 0.393. The average molecular weight is 166 g/mol. The van der Waals surface area contributed by atoms with Crippen LogP contribution in [0.15, 0.2) is 0 Å². The Labute approximate surface area is 59.4 Å². The number of carbonyl (C=O) groups excluding carboxylic acids is 1. The van der Waals surface area contributed by atoms with Crippen molar-refractivity contribution in [3.63, 3.8) is 0 Å². The molecule has 0 radical (unpaired) electrons. The molecule has 0 aliphatic heterocycles. The first kappa shape index (κ1) is 16.2. The minimum absolute atomic E-state index is 0. The Bertz CT molecular complexity index is 30.5. The molecule has 0 saturated heterocycles. The molecule has 0 aromatic rings.